The van der Waals surface area contributed by atoms with Gasteiger partial charge in [-0.15, -0.1) is 0 Å². The highest BCUT2D eigenvalue weighted by atomic mass is 19.4. The molecule has 4 heteroatoms. The summed E-state index contributed by atoms with van der Waals surface area (Å²) in [5.74, 6) is -0.123. The van der Waals surface area contributed by atoms with Crippen molar-refractivity contribution in [1.29, 1.82) is 0 Å². The summed E-state index contributed by atoms with van der Waals surface area (Å²) >= 11 is 0. The summed E-state index contributed by atoms with van der Waals surface area (Å²) in [6, 6.07) is 4.40. The van der Waals surface area contributed by atoms with E-state index in [-0.39, 0.29) is 5.92 Å². The van der Waals surface area contributed by atoms with E-state index in [1.54, 1.807) is 13.8 Å². The topological polar surface area (TPSA) is 19.9 Å². The third kappa shape index (κ3) is 2.96. The second-order valence-electron chi connectivity index (χ2n) is 3.78. The fourth-order valence-electron chi connectivity index (χ4n) is 1.25. The van der Waals surface area contributed by atoms with Crippen LogP contribution in [0.15, 0.2) is 24.3 Å². The summed E-state index contributed by atoms with van der Waals surface area (Å²) in [6.45, 7) is 3.49. The molecule has 1 atom stereocenters. The minimum atomic E-state index is -4.34. The highest BCUT2D eigenvalue weighted by Gasteiger charge is 2.30. The molecule has 1 aromatic rings. The van der Waals surface area contributed by atoms with Gasteiger partial charge in [0.25, 0.3) is 0 Å². The van der Waals surface area contributed by atoms with E-state index in [1.807, 2.05) is 0 Å². The Balaban J connectivity index is 2.91. The van der Waals surface area contributed by atoms with Crippen LogP contribution in [0.2, 0.25) is 0 Å². The minimum absolute atomic E-state index is 0.123. The maximum atomic E-state index is 12.2. The van der Waals surface area contributed by atoms with Crippen LogP contribution in [0.5, 0.6) is 0 Å². The summed E-state index contributed by atoms with van der Waals surface area (Å²) < 4.78 is 36.6. The predicted octanol–water partition coefficient (Wildman–Crippen LogP) is 3.83. The molecular formula is C11H12F3O. The molecule has 1 unspecified atom stereocenters. The zero-order valence-electron chi connectivity index (χ0n) is 8.51. The molecule has 1 aromatic carbocycles. The third-order valence-corrected chi connectivity index (χ3v) is 2.17. The molecule has 83 valence electrons. The normalized spacial score (nSPS) is 14.3. The summed E-state index contributed by atoms with van der Waals surface area (Å²) in [4.78, 5) is 0. The van der Waals surface area contributed by atoms with Crippen molar-refractivity contribution >= 4 is 0 Å². The van der Waals surface area contributed by atoms with Gasteiger partial charge in [-0.1, -0.05) is 26.0 Å². The standard InChI is InChI=1S/C11H12F3O/c1-7(2)10(15)8-3-5-9(6-4-8)11(12,13)14/h3-7,10H,1-2H3. The van der Waals surface area contributed by atoms with Gasteiger partial charge in [-0.3, -0.25) is 0 Å². The van der Waals surface area contributed by atoms with Gasteiger partial charge in [0.15, 0.2) is 0 Å². The van der Waals surface area contributed by atoms with Gasteiger partial charge in [0.05, 0.1) is 5.56 Å². The smallest absolute Gasteiger partial charge is 0.228 e. The van der Waals surface area contributed by atoms with Crippen LogP contribution in [0.1, 0.15) is 31.1 Å². The summed E-state index contributed by atoms with van der Waals surface area (Å²) in [5, 5.41) is 11.5. The molecule has 0 amide bonds. The molecule has 1 radical (unpaired) electrons. The molecule has 1 nitrogen and oxygen atoms in total. The van der Waals surface area contributed by atoms with Gasteiger partial charge in [0.2, 0.25) is 0 Å². The van der Waals surface area contributed by atoms with Crippen LogP contribution in [0.3, 0.4) is 0 Å². The molecule has 0 N–H and O–H groups in total. The van der Waals surface area contributed by atoms with Crippen LogP contribution in [-0.4, -0.2) is 0 Å². The highest BCUT2D eigenvalue weighted by Crippen LogP contribution is 2.30. The average molecular weight is 217 g/mol. The second kappa shape index (κ2) is 4.23. The van der Waals surface area contributed by atoms with Crippen molar-refractivity contribution < 1.29 is 18.3 Å². The molecule has 0 bridgehead atoms. The Hall–Kier alpha value is -1.03. The number of rotatable bonds is 2. The van der Waals surface area contributed by atoms with Crippen molar-refractivity contribution in [2.75, 3.05) is 0 Å². The van der Waals surface area contributed by atoms with Crippen molar-refractivity contribution in [3.05, 3.63) is 35.4 Å². The van der Waals surface area contributed by atoms with E-state index < -0.39 is 17.8 Å². The minimum Gasteiger partial charge on any atom is -0.228 e. The Labute approximate surface area is 86.5 Å². The van der Waals surface area contributed by atoms with Crippen molar-refractivity contribution in [1.82, 2.24) is 0 Å². The van der Waals surface area contributed by atoms with Crippen LogP contribution < -0.4 is 0 Å². The lowest BCUT2D eigenvalue weighted by atomic mass is 9.98. The van der Waals surface area contributed by atoms with Crippen LogP contribution in [-0.2, 0) is 11.3 Å². The fourth-order valence-corrected chi connectivity index (χ4v) is 1.25. The largest absolute Gasteiger partial charge is 0.416 e. The monoisotopic (exact) mass is 217 g/mol. The highest BCUT2D eigenvalue weighted by molar-refractivity contribution is 5.26. The number of alkyl halides is 3. The van der Waals surface area contributed by atoms with E-state index in [1.165, 1.54) is 12.1 Å². The first-order chi connectivity index (χ1) is 6.82. The first kappa shape index (κ1) is 12.0. The van der Waals surface area contributed by atoms with Gasteiger partial charge in [0, 0.05) is 0 Å². The zero-order chi connectivity index (χ0) is 11.6. The van der Waals surface area contributed by atoms with E-state index in [2.05, 4.69) is 0 Å². The molecule has 0 aliphatic rings. The van der Waals surface area contributed by atoms with E-state index >= 15 is 0 Å². The Kier molecular flexibility index (Phi) is 3.39. The molecule has 15 heavy (non-hydrogen) atoms. The lowest BCUT2D eigenvalue weighted by Crippen LogP contribution is -2.07. The average Bonchev–Trinajstić information content (AvgIpc) is 2.15. The van der Waals surface area contributed by atoms with Crippen LogP contribution >= 0.6 is 0 Å². The molecule has 0 fully saturated rings. The lowest BCUT2D eigenvalue weighted by Gasteiger charge is -2.13. The van der Waals surface area contributed by atoms with Gasteiger partial charge in [0.1, 0.15) is 6.10 Å². The first-order valence-corrected chi connectivity index (χ1v) is 4.65. The number of halogens is 3. The van der Waals surface area contributed by atoms with Gasteiger partial charge in [-0.2, -0.15) is 13.2 Å². The molecule has 0 heterocycles. The molecule has 0 aliphatic heterocycles. The Morgan fingerprint density at radius 1 is 1.07 bits per heavy atom. The molecule has 0 saturated carbocycles. The van der Waals surface area contributed by atoms with Gasteiger partial charge >= 0.3 is 6.18 Å². The van der Waals surface area contributed by atoms with E-state index in [9.17, 15) is 18.3 Å². The predicted molar refractivity (Wildman–Crippen MR) is 49.7 cm³/mol. The van der Waals surface area contributed by atoms with E-state index in [4.69, 9.17) is 0 Å². The molecule has 0 aliphatic carbocycles. The molecule has 0 saturated heterocycles. The molecular weight excluding hydrogens is 205 g/mol. The van der Waals surface area contributed by atoms with Gasteiger partial charge in [-0.25, -0.2) is 5.11 Å². The van der Waals surface area contributed by atoms with Crippen LogP contribution in [0.4, 0.5) is 13.2 Å². The fraction of sp³-hybridized carbons (Fsp3) is 0.455. The maximum absolute atomic E-state index is 12.2. The summed E-state index contributed by atoms with van der Waals surface area (Å²) in [6.07, 6.45) is -5.30. The quantitative estimate of drug-likeness (QED) is 0.717. The third-order valence-electron chi connectivity index (χ3n) is 2.17. The van der Waals surface area contributed by atoms with E-state index in [0.717, 1.165) is 12.1 Å². The van der Waals surface area contributed by atoms with Gasteiger partial charge in [-0.05, 0) is 23.6 Å². The van der Waals surface area contributed by atoms with Crippen molar-refractivity contribution in [3.8, 4) is 0 Å². The van der Waals surface area contributed by atoms with Gasteiger partial charge < -0.3 is 0 Å². The van der Waals surface area contributed by atoms with Crippen molar-refractivity contribution in [2.24, 2.45) is 5.92 Å². The van der Waals surface area contributed by atoms with Crippen LogP contribution in [0.25, 0.3) is 0 Å². The number of hydrogen-bond acceptors (Lipinski definition) is 0. The lowest BCUT2D eigenvalue weighted by molar-refractivity contribution is -0.137. The van der Waals surface area contributed by atoms with Crippen LogP contribution in [0, 0.1) is 5.92 Å². The SMILES string of the molecule is CC(C)C([O])c1ccc(C(F)(F)F)cc1. The van der Waals surface area contributed by atoms with E-state index in [0.29, 0.717) is 5.56 Å². The zero-order valence-corrected chi connectivity index (χ0v) is 8.51. The number of hydrogen-bond donors (Lipinski definition) is 0. The van der Waals surface area contributed by atoms with Crippen molar-refractivity contribution in [3.63, 3.8) is 0 Å². The Morgan fingerprint density at radius 2 is 1.53 bits per heavy atom. The Morgan fingerprint density at radius 3 is 1.87 bits per heavy atom. The van der Waals surface area contributed by atoms with Crippen molar-refractivity contribution in [2.45, 2.75) is 26.1 Å². The molecule has 1 rings (SSSR count). The summed E-state index contributed by atoms with van der Waals surface area (Å²) in [5.41, 5.74) is -0.319. The first-order valence-electron chi connectivity index (χ1n) is 4.65. The number of benzene rings is 1. The molecule has 0 spiro atoms. The Bertz CT molecular complexity index is 314. The second-order valence-corrected chi connectivity index (χ2v) is 3.78. The summed E-state index contributed by atoms with van der Waals surface area (Å²) in [7, 11) is 0. The molecule has 0 aromatic heterocycles. The maximum Gasteiger partial charge on any atom is 0.416 e.